The lowest BCUT2D eigenvalue weighted by Gasteiger charge is -2.31. The fraction of sp³-hybridized carbons (Fsp3) is 0.500. The van der Waals surface area contributed by atoms with E-state index >= 15 is 0 Å². The maximum absolute atomic E-state index is 13.4. The van der Waals surface area contributed by atoms with Crippen molar-refractivity contribution in [2.24, 2.45) is 0 Å². The minimum absolute atomic E-state index is 0.0610. The fourth-order valence-electron chi connectivity index (χ4n) is 2.13. The third-order valence-electron chi connectivity index (χ3n) is 3.75. The molecule has 0 aliphatic heterocycles. The van der Waals surface area contributed by atoms with Gasteiger partial charge in [0.1, 0.15) is 12.1 Å². The number of hydrogen-bond donors (Lipinski definition) is 2. The van der Waals surface area contributed by atoms with Gasteiger partial charge in [-0.05, 0) is 25.0 Å². The van der Waals surface area contributed by atoms with Gasteiger partial charge in [-0.25, -0.2) is 4.79 Å². The number of aliphatic hydroxyl groups excluding tert-OH is 1. The molecule has 158 valence electrons. The predicted molar refractivity (Wildman–Crippen MR) is 80.9 cm³/mol. The molecule has 28 heavy (non-hydrogen) atoms. The largest absolute Gasteiger partial charge is 0.467 e. The predicted octanol–water partition coefficient (Wildman–Crippen LogP) is 2.93. The molecule has 0 saturated carbocycles. The first kappa shape index (κ1) is 23.7. The van der Waals surface area contributed by atoms with Crippen LogP contribution in [-0.2, 0) is 9.53 Å². The van der Waals surface area contributed by atoms with Gasteiger partial charge in [-0.3, -0.25) is 4.79 Å². The molecule has 0 saturated heterocycles. The number of amides is 1. The minimum Gasteiger partial charge on any atom is -0.467 e. The first-order chi connectivity index (χ1) is 12.8. The topological polar surface area (TPSA) is 75.6 Å². The zero-order valence-electron chi connectivity index (χ0n) is 14.3. The van der Waals surface area contributed by atoms with Crippen molar-refractivity contribution in [1.82, 2.24) is 5.32 Å². The Morgan fingerprint density at radius 2 is 1.57 bits per heavy atom. The Labute approximate surface area is 154 Å². The van der Waals surface area contributed by atoms with E-state index in [0.717, 1.165) is 7.11 Å². The van der Waals surface area contributed by atoms with Crippen LogP contribution < -0.4 is 5.32 Å². The Hall–Kier alpha value is -2.37. The summed E-state index contributed by atoms with van der Waals surface area (Å²) in [5.41, 5.74) is 0.0610. The summed E-state index contributed by atoms with van der Waals surface area (Å²) in [4.78, 5) is 23.7. The van der Waals surface area contributed by atoms with Gasteiger partial charge < -0.3 is 15.2 Å². The first-order valence-electron chi connectivity index (χ1n) is 7.69. The van der Waals surface area contributed by atoms with Crippen LogP contribution in [0.4, 0.5) is 30.7 Å². The summed E-state index contributed by atoms with van der Waals surface area (Å²) in [6, 6.07) is 5.56. The summed E-state index contributed by atoms with van der Waals surface area (Å²) < 4.78 is 93.6. The number of rotatable bonds is 8. The van der Waals surface area contributed by atoms with Crippen molar-refractivity contribution in [3.8, 4) is 0 Å². The second kappa shape index (κ2) is 8.76. The Morgan fingerprint density at radius 3 is 2.04 bits per heavy atom. The van der Waals surface area contributed by atoms with Gasteiger partial charge in [0.05, 0.1) is 7.11 Å². The van der Waals surface area contributed by atoms with Gasteiger partial charge in [-0.15, -0.1) is 0 Å². The number of ether oxygens (including phenoxy) is 1. The quantitative estimate of drug-likeness (QED) is 0.502. The van der Waals surface area contributed by atoms with E-state index in [2.05, 4.69) is 10.1 Å². The highest BCUT2D eigenvalue weighted by molar-refractivity contribution is 5.96. The number of carbonyl (C=O) groups is 2. The molecule has 0 heterocycles. The molecule has 0 radical (unpaired) electrons. The van der Waals surface area contributed by atoms with E-state index < -0.39 is 54.9 Å². The molecule has 0 unspecified atom stereocenters. The van der Waals surface area contributed by atoms with Crippen molar-refractivity contribution < 1.29 is 50.2 Å². The smallest absolute Gasteiger partial charge is 0.459 e. The summed E-state index contributed by atoms with van der Waals surface area (Å²) >= 11 is 0. The third kappa shape index (κ3) is 5.12. The summed E-state index contributed by atoms with van der Waals surface area (Å²) in [6.45, 7) is 0. The minimum atomic E-state index is -6.60. The molecule has 5 nitrogen and oxygen atoms in total. The lowest BCUT2D eigenvalue weighted by molar-refractivity contribution is -0.371. The van der Waals surface area contributed by atoms with Gasteiger partial charge >= 0.3 is 24.0 Å². The summed E-state index contributed by atoms with van der Waals surface area (Å²) in [5.74, 6) is -14.4. The van der Waals surface area contributed by atoms with Gasteiger partial charge in [0.25, 0.3) is 5.91 Å². The molecular weight excluding hydrogens is 403 g/mol. The molecule has 0 aromatic heterocycles. The molecule has 1 aromatic rings. The number of halogens is 7. The van der Waals surface area contributed by atoms with E-state index in [1.54, 1.807) is 6.07 Å². The van der Waals surface area contributed by atoms with Crippen molar-refractivity contribution in [2.45, 2.75) is 43.0 Å². The second-order valence-electron chi connectivity index (χ2n) is 5.70. The molecule has 1 aromatic carbocycles. The lowest BCUT2D eigenvalue weighted by Crippen LogP contribution is -2.58. The first-order valence-corrected chi connectivity index (χ1v) is 7.69. The highest BCUT2D eigenvalue weighted by atomic mass is 19.4. The second-order valence-corrected chi connectivity index (χ2v) is 5.70. The number of alkyl halides is 7. The van der Waals surface area contributed by atoms with Gasteiger partial charge in [0.2, 0.25) is 0 Å². The van der Waals surface area contributed by atoms with Crippen molar-refractivity contribution in [3.63, 3.8) is 0 Å². The molecule has 12 heteroatoms. The number of methoxy groups -OCH3 is 1. The van der Waals surface area contributed by atoms with E-state index in [1.165, 1.54) is 24.3 Å². The zero-order valence-corrected chi connectivity index (χ0v) is 14.3. The normalized spacial score (nSPS) is 14.9. The average Bonchev–Trinajstić information content (AvgIpc) is 2.63. The molecule has 0 aliphatic carbocycles. The number of esters is 1. The molecule has 0 spiro atoms. The Bertz CT molecular complexity index is 679. The fourth-order valence-corrected chi connectivity index (χ4v) is 2.13. The van der Waals surface area contributed by atoms with E-state index in [1.807, 2.05) is 0 Å². The van der Waals surface area contributed by atoms with Crippen LogP contribution in [0.1, 0.15) is 23.2 Å². The van der Waals surface area contributed by atoms with Crippen LogP contribution in [0.2, 0.25) is 0 Å². The van der Waals surface area contributed by atoms with E-state index in [4.69, 9.17) is 0 Å². The maximum Gasteiger partial charge on any atom is 0.459 e. The molecule has 2 N–H and O–H groups in total. The molecule has 1 amide bonds. The van der Waals surface area contributed by atoms with Gasteiger partial charge in [-0.2, -0.15) is 30.7 Å². The van der Waals surface area contributed by atoms with Crippen molar-refractivity contribution in [2.75, 3.05) is 7.11 Å². The zero-order chi connectivity index (χ0) is 21.8. The molecule has 0 bridgehead atoms. The van der Waals surface area contributed by atoms with E-state index in [9.17, 15) is 45.4 Å². The van der Waals surface area contributed by atoms with Gasteiger partial charge in [-0.1, -0.05) is 18.2 Å². The third-order valence-corrected chi connectivity index (χ3v) is 3.75. The summed E-state index contributed by atoms with van der Waals surface area (Å²) in [6.07, 6.45) is -12.3. The van der Waals surface area contributed by atoms with Crippen LogP contribution >= 0.6 is 0 Å². The summed E-state index contributed by atoms with van der Waals surface area (Å²) in [7, 11) is 0.882. The van der Waals surface area contributed by atoms with Crippen LogP contribution in [0.3, 0.4) is 0 Å². The van der Waals surface area contributed by atoms with Crippen molar-refractivity contribution in [3.05, 3.63) is 35.9 Å². The Morgan fingerprint density at radius 1 is 1.04 bits per heavy atom. The molecule has 1 rings (SSSR count). The van der Waals surface area contributed by atoms with E-state index in [-0.39, 0.29) is 5.56 Å². The molecular formula is C16H16F7NO4. The SMILES string of the molecule is COC(=O)[C@H](CC[C@H](O)C(F)(F)C(F)(F)C(F)(F)F)NC(=O)c1ccccc1. The van der Waals surface area contributed by atoms with Crippen LogP contribution in [0.15, 0.2) is 30.3 Å². The maximum atomic E-state index is 13.4. The summed E-state index contributed by atoms with van der Waals surface area (Å²) in [5, 5.41) is 11.3. The lowest BCUT2D eigenvalue weighted by atomic mass is 9.98. The van der Waals surface area contributed by atoms with Crippen molar-refractivity contribution in [1.29, 1.82) is 0 Å². The van der Waals surface area contributed by atoms with Crippen molar-refractivity contribution >= 4 is 11.9 Å². The number of carbonyl (C=O) groups excluding carboxylic acids is 2. The number of aliphatic hydroxyl groups is 1. The van der Waals surface area contributed by atoms with Crippen LogP contribution in [0.5, 0.6) is 0 Å². The Kier molecular flexibility index (Phi) is 7.40. The highest BCUT2D eigenvalue weighted by Gasteiger charge is 2.75. The van der Waals surface area contributed by atoms with Crippen LogP contribution in [0, 0.1) is 0 Å². The van der Waals surface area contributed by atoms with Gasteiger partial charge in [0, 0.05) is 5.56 Å². The Balaban J connectivity index is 2.88. The monoisotopic (exact) mass is 419 g/mol. The standard InChI is InChI=1S/C16H16F7NO4/c1-28-13(27)10(24-12(26)9-5-3-2-4-6-9)7-8-11(25)14(17,18)15(19,20)16(21,22)23/h2-6,10-11,25H,7-8H2,1H3,(H,24,26)/t10-,11-/m0/s1. The average molecular weight is 419 g/mol. The number of hydrogen-bond acceptors (Lipinski definition) is 4. The molecule has 0 fully saturated rings. The van der Waals surface area contributed by atoms with Gasteiger partial charge in [0.15, 0.2) is 0 Å². The van der Waals surface area contributed by atoms with Crippen LogP contribution in [0.25, 0.3) is 0 Å². The number of benzene rings is 1. The molecule has 0 aliphatic rings. The highest BCUT2D eigenvalue weighted by Crippen LogP contribution is 2.48. The van der Waals surface area contributed by atoms with E-state index in [0.29, 0.717) is 0 Å². The van der Waals surface area contributed by atoms with Crippen LogP contribution in [-0.4, -0.2) is 54.3 Å². The molecule has 2 atom stereocenters. The number of nitrogens with one attached hydrogen (secondary N) is 1.